The highest BCUT2D eigenvalue weighted by molar-refractivity contribution is 7.80. The van der Waals surface area contributed by atoms with Crippen molar-refractivity contribution < 1.29 is 0 Å². The predicted molar refractivity (Wildman–Crippen MR) is 59.0 cm³/mol. The maximum atomic E-state index is 5.48. The first kappa shape index (κ1) is 9.67. The molecule has 0 aromatic heterocycles. The monoisotopic (exact) mass is 193 g/mol. The molecular weight excluding hydrogens is 182 g/mol. The van der Waals surface area contributed by atoms with Crippen molar-refractivity contribution in [1.29, 1.82) is 0 Å². The van der Waals surface area contributed by atoms with Gasteiger partial charge in [-0.1, -0.05) is 30.4 Å². The zero-order chi connectivity index (χ0) is 9.68. The Labute approximate surface area is 82.6 Å². The number of rotatable bonds is 3. The van der Waals surface area contributed by atoms with E-state index in [2.05, 4.69) is 10.5 Å². The van der Waals surface area contributed by atoms with Crippen molar-refractivity contribution in [3.05, 3.63) is 35.4 Å². The van der Waals surface area contributed by atoms with E-state index in [9.17, 15) is 0 Å². The van der Waals surface area contributed by atoms with Crippen molar-refractivity contribution in [3.8, 4) is 0 Å². The van der Waals surface area contributed by atoms with Gasteiger partial charge in [0.25, 0.3) is 0 Å². The van der Waals surface area contributed by atoms with Crippen LogP contribution in [0, 0.1) is 0 Å². The summed E-state index contributed by atoms with van der Waals surface area (Å²) in [6, 6.07) is 7.59. The highest BCUT2D eigenvalue weighted by atomic mass is 32.1. The molecule has 0 saturated carbocycles. The lowest BCUT2D eigenvalue weighted by molar-refractivity contribution is 0.908. The molecule has 0 saturated heterocycles. The minimum atomic E-state index is 0.403. The Morgan fingerprint density at radius 3 is 3.00 bits per heavy atom. The standard InChI is InChI=1S/C9H11N3S/c1-11-12-6-7-3-2-4-8(5-7)9(10)13/h2-6,11H,1H3,(H2,10,13). The van der Waals surface area contributed by atoms with Crippen LogP contribution in [-0.2, 0) is 0 Å². The molecular formula is C9H11N3S. The van der Waals surface area contributed by atoms with E-state index in [0.29, 0.717) is 4.99 Å². The molecule has 68 valence electrons. The fraction of sp³-hybridized carbons (Fsp3) is 0.111. The second-order valence-corrected chi connectivity index (χ2v) is 2.91. The van der Waals surface area contributed by atoms with Crippen LogP contribution in [0.4, 0.5) is 0 Å². The topological polar surface area (TPSA) is 50.4 Å². The van der Waals surface area contributed by atoms with Gasteiger partial charge in [-0.15, -0.1) is 0 Å². The summed E-state index contributed by atoms with van der Waals surface area (Å²) in [6.45, 7) is 0. The molecule has 4 heteroatoms. The lowest BCUT2D eigenvalue weighted by Gasteiger charge is -1.98. The largest absolute Gasteiger partial charge is 0.389 e. The Morgan fingerprint density at radius 1 is 1.62 bits per heavy atom. The van der Waals surface area contributed by atoms with Gasteiger partial charge in [0, 0.05) is 12.6 Å². The summed E-state index contributed by atoms with van der Waals surface area (Å²) in [6.07, 6.45) is 1.71. The average molecular weight is 193 g/mol. The van der Waals surface area contributed by atoms with Crippen LogP contribution in [0.1, 0.15) is 11.1 Å². The van der Waals surface area contributed by atoms with Crippen LogP contribution in [0.2, 0.25) is 0 Å². The molecule has 0 atom stereocenters. The van der Waals surface area contributed by atoms with Gasteiger partial charge in [0.1, 0.15) is 4.99 Å². The zero-order valence-electron chi connectivity index (χ0n) is 7.32. The summed E-state index contributed by atoms with van der Waals surface area (Å²) < 4.78 is 0. The van der Waals surface area contributed by atoms with E-state index < -0.39 is 0 Å². The Bertz CT molecular complexity index is 333. The van der Waals surface area contributed by atoms with E-state index in [1.165, 1.54) is 0 Å². The van der Waals surface area contributed by atoms with Crippen LogP contribution in [-0.4, -0.2) is 18.3 Å². The molecule has 0 fully saturated rings. The van der Waals surface area contributed by atoms with Crippen molar-refractivity contribution >= 4 is 23.4 Å². The minimum absolute atomic E-state index is 0.403. The van der Waals surface area contributed by atoms with Crippen LogP contribution in [0.5, 0.6) is 0 Å². The maximum Gasteiger partial charge on any atom is 0.104 e. The van der Waals surface area contributed by atoms with Gasteiger partial charge in [-0.25, -0.2) is 0 Å². The van der Waals surface area contributed by atoms with Gasteiger partial charge in [-0.05, 0) is 11.6 Å². The molecule has 1 aromatic carbocycles. The molecule has 13 heavy (non-hydrogen) atoms. The van der Waals surface area contributed by atoms with Crippen molar-refractivity contribution in [2.75, 3.05) is 7.05 Å². The molecule has 0 aliphatic rings. The summed E-state index contributed by atoms with van der Waals surface area (Å²) in [5.41, 5.74) is 9.98. The van der Waals surface area contributed by atoms with E-state index in [-0.39, 0.29) is 0 Å². The summed E-state index contributed by atoms with van der Waals surface area (Å²) in [5.74, 6) is 0. The second-order valence-electron chi connectivity index (χ2n) is 2.47. The Morgan fingerprint density at radius 2 is 2.38 bits per heavy atom. The minimum Gasteiger partial charge on any atom is -0.389 e. The Balaban J connectivity index is 2.92. The molecule has 1 aromatic rings. The maximum absolute atomic E-state index is 5.48. The number of benzene rings is 1. The third-order valence-electron chi connectivity index (χ3n) is 1.51. The third-order valence-corrected chi connectivity index (χ3v) is 1.75. The number of nitrogens with two attached hydrogens (primary N) is 1. The lowest BCUT2D eigenvalue weighted by atomic mass is 10.1. The van der Waals surface area contributed by atoms with Crippen molar-refractivity contribution in [2.45, 2.75) is 0 Å². The van der Waals surface area contributed by atoms with Gasteiger partial charge >= 0.3 is 0 Å². The Hall–Kier alpha value is -1.42. The normalized spacial score (nSPS) is 10.2. The highest BCUT2D eigenvalue weighted by Gasteiger charge is 1.95. The molecule has 0 unspecified atom stereocenters. The van der Waals surface area contributed by atoms with Gasteiger partial charge in [0.2, 0.25) is 0 Å². The van der Waals surface area contributed by atoms with E-state index in [1.54, 1.807) is 13.3 Å². The quantitative estimate of drug-likeness (QED) is 0.425. The summed E-state index contributed by atoms with van der Waals surface area (Å²) >= 11 is 4.85. The van der Waals surface area contributed by atoms with Crippen LogP contribution < -0.4 is 11.2 Å². The molecule has 0 aliphatic carbocycles. The number of hydrogen-bond acceptors (Lipinski definition) is 3. The lowest BCUT2D eigenvalue weighted by Crippen LogP contribution is -2.09. The number of thiocarbonyl (C=S) groups is 1. The highest BCUT2D eigenvalue weighted by Crippen LogP contribution is 2.02. The van der Waals surface area contributed by atoms with Crippen LogP contribution in [0.15, 0.2) is 29.4 Å². The molecule has 3 nitrogen and oxygen atoms in total. The smallest absolute Gasteiger partial charge is 0.104 e. The first-order valence-electron chi connectivity index (χ1n) is 3.83. The molecule has 0 radical (unpaired) electrons. The average Bonchev–Trinajstić information content (AvgIpc) is 2.15. The van der Waals surface area contributed by atoms with Gasteiger partial charge < -0.3 is 11.2 Å². The fourth-order valence-electron chi connectivity index (χ4n) is 0.911. The first-order valence-corrected chi connectivity index (χ1v) is 4.24. The molecule has 0 heterocycles. The molecule has 3 N–H and O–H groups in total. The zero-order valence-corrected chi connectivity index (χ0v) is 8.14. The summed E-state index contributed by atoms with van der Waals surface area (Å²) in [7, 11) is 1.74. The van der Waals surface area contributed by atoms with Crippen LogP contribution >= 0.6 is 12.2 Å². The van der Waals surface area contributed by atoms with E-state index in [0.717, 1.165) is 11.1 Å². The summed E-state index contributed by atoms with van der Waals surface area (Å²) in [4.78, 5) is 0.403. The van der Waals surface area contributed by atoms with Gasteiger partial charge in [-0.3, -0.25) is 0 Å². The number of hydrogen-bond donors (Lipinski definition) is 2. The van der Waals surface area contributed by atoms with Gasteiger partial charge in [-0.2, -0.15) is 5.10 Å². The van der Waals surface area contributed by atoms with Crippen molar-refractivity contribution in [2.24, 2.45) is 10.8 Å². The SMILES string of the molecule is CNN=Cc1cccc(C(N)=S)c1. The van der Waals surface area contributed by atoms with E-state index in [4.69, 9.17) is 18.0 Å². The second kappa shape index (κ2) is 4.57. The number of nitrogens with one attached hydrogen (secondary N) is 1. The molecule has 0 bridgehead atoms. The summed E-state index contributed by atoms with van der Waals surface area (Å²) in [5, 5.41) is 3.88. The van der Waals surface area contributed by atoms with Crippen LogP contribution in [0.25, 0.3) is 0 Å². The first-order chi connectivity index (χ1) is 6.24. The number of nitrogens with zero attached hydrogens (tertiary/aromatic N) is 1. The van der Waals surface area contributed by atoms with Crippen molar-refractivity contribution in [3.63, 3.8) is 0 Å². The molecule has 1 rings (SSSR count). The van der Waals surface area contributed by atoms with Gasteiger partial charge in [0.15, 0.2) is 0 Å². The Kier molecular flexibility index (Phi) is 3.40. The number of hydrazone groups is 1. The fourth-order valence-corrected chi connectivity index (χ4v) is 1.04. The van der Waals surface area contributed by atoms with Crippen LogP contribution in [0.3, 0.4) is 0 Å². The van der Waals surface area contributed by atoms with Crippen molar-refractivity contribution in [1.82, 2.24) is 5.43 Å². The van der Waals surface area contributed by atoms with E-state index >= 15 is 0 Å². The van der Waals surface area contributed by atoms with E-state index in [1.807, 2.05) is 24.3 Å². The third kappa shape index (κ3) is 2.83. The molecule has 0 amide bonds. The molecule has 0 spiro atoms. The van der Waals surface area contributed by atoms with Gasteiger partial charge in [0.05, 0.1) is 6.21 Å². The molecule has 0 aliphatic heterocycles. The predicted octanol–water partition coefficient (Wildman–Crippen LogP) is 0.874.